The molecule has 1 aromatic rings. The van der Waals surface area contributed by atoms with Gasteiger partial charge in [0.1, 0.15) is 5.02 Å². The fourth-order valence-electron chi connectivity index (χ4n) is 1.19. The molecule has 82 valence electrons. The first kappa shape index (κ1) is 10.6. The molecule has 4 heteroatoms. The van der Waals surface area contributed by atoms with E-state index in [1.165, 1.54) is 0 Å². The van der Waals surface area contributed by atoms with Gasteiger partial charge in [-0.25, -0.2) is 0 Å². The summed E-state index contributed by atoms with van der Waals surface area (Å²) in [5, 5.41) is 0.519. The average molecular weight is 228 g/mol. The summed E-state index contributed by atoms with van der Waals surface area (Å²) in [6.45, 7) is 3.90. The zero-order valence-electron chi connectivity index (χ0n) is 8.87. The molecule has 0 amide bonds. The van der Waals surface area contributed by atoms with E-state index in [1.54, 1.807) is 12.4 Å². The molecule has 0 radical (unpaired) electrons. The maximum atomic E-state index is 6.13. The fourth-order valence-corrected chi connectivity index (χ4v) is 1.38. The summed E-state index contributed by atoms with van der Waals surface area (Å²) < 4.78 is 11.1. The molecule has 0 aromatic carbocycles. The van der Waals surface area contributed by atoms with E-state index < -0.39 is 0 Å². The highest BCUT2D eigenvalue weighted by atomic mass is 35.5. The van der Waals surface area contributed by atoms with Crippen molar-refractivity contribution in [2.24, 2.45) is 0 Å². The number of pyridine rings is 1. The van der Waals surface area contributed by atoms with Crippen molar-refractivity contribution in [3.05, 3.63) is 17.4 Å². The predicted molar refractivity (Wildman–Crippen MR) is 58.7 cm³/mol. The Morgan fingerprint density at radius 2 is 2.00 bits per heavy atom. The van der Waals surface area contributed by atoms with Gasteiger partial charge in [0.25, 0.3) is 0 Å². The van der Waals surface area contributed by atoms with Crippen molar-refractivity contribution in [1.82, 2.24) is 4.98 Å². The normalized spacial score (nSPS) is 15.5. The van der Waals surface area contributed by atoms with Crippen LogP contribution in [0.2, 0.25) is 5.02 Å². The Balaban J connectivity index is 2.15. The second kappa shape index (κ2) is 4.27. The Bertz CT molecular complexity index is 328. The molecule has 0 bridgehead atoms. The van der Waals surface area contributed by atoms with Gasteiger partial charge < -0.3 is 9.47 Å². The molecular weight excluding hydrogens is 214 g/mol. The molecule has 0 N–H and O–H groups in total. The highest BCUT2D eigenvalue weighted by Gasteiger charge is 2.25. The number of hydrogen-bond donors (Lipinski definition) is 0. The molecule has 0 spiro atoms. The molecule has 0 saturated heterocycles. The van der Waals surface area contributed by atoms with Crippen LogP contribution in [0, 0.1) is 0 Å². The first-order valence-electron chi connectivity index (χ1n) is 5.13. The predicted octanol–water partition coefficient (Wildman–Crippen LogP) is 3.06. The van der Waals surface area contributed by atoms with E-state index in [0.717, 1.165) is 12.8 Å². The van der Waals surface area contributed by atoms with Crippen LogP contribution in [0.5, 0.6) is 11.5 Å². The maximum absolute atomic E-state index is 6.13. The average Bonchev–Trinajstić information content (AvgIpc) is 2.95. The minimum atomic E-state index is 0.0838. The Morgan fingerprint density at radius 3 is 2.60 bits per heavy atom. The third-order valence-corrected chi connectivity index (χ3v) is 2.37. The second-order valence-corrected chi connectivity index (χ2v) is 4.31. The lowest BCUT2D eigenvalue weighted by Crippen LogP contribution is -2.07. The van der Waals surface area contributed by atoms with Crippen LogP contribution >= 0.6 is 11.6 Å². The van der Waals surface area contributed by atoms with E-state index in [9.17, 15) is 0 Å². The Kier molecular flexibility index (Phi) is 3.00. The van der Waals surface area contributed by atoms with Gasteiger partial charge in [0.2, 0.25) is 0 Å². The van der Waals surface area contributed by atoms with Gasteiger partial charge in [-0.3, -0.25) is 4.98 Å². The van der Waals surface area contributed by atoms with Gasteiger partial charge in [0.05, 0.1) is 24.6 Å². The summed E-state index contributed by atoms with van der Waals surface area (Å²) in [5.41, 5.74) is 0. The number of aromatic nitrogens is 1. The number of rotatable bonds is 4. The highest BCUT2D eigenvalue weighted by molar-refractivity contribution is 6.33. The molecular formula is C11H14ClNO2. The van der Waals surface area contributed by atoms with Crippen LogP contribution in [0.15, 0.2) is 12.4 Å². The van der Waals surface area contributed by atoms with E-state index in [-0.39, 0.29) is 6.10 Å². The van der Waals surface area contributed by atoms with Gasteiger partial charge >= 0.3 is 0 Å². The molecule has 0 unspecified atom stereocenters. The van der Waals surface area contributed by atoms with Crippen molar-refractivity contribution in [2.75, 3.05) is 0 Å². The van der Waals surface area contributed by atoms with Crippen LogP contribution in [0.4, 0.5) is 0 Å². The lowest BCUT2D eigenvalue weighted by atomic mass is 10.4. The Morgan fingerprint density at radius 1 is 1.33 bits per heavy atom. The van der Waals surface area contributed by atoms with Crippen molar-refractivity contribution in [2.45, 2.75) is 38.9 Å². The summed E-state index contributed by atoms with van der Waals surface area (Å²) in [6.07, 6.45) is 5.85. The number of hydrogen-bond acceptors (Lipinski definition) is 3. The largest absolute Gasteiger partial charge is 0.488 e. The molecule has 2 rings (SSSR count). The van der Waals surface area contributed by atoms with Gasteiger partial charge in [-0.05, 0) is 26.7 Å². The molecule has 0 aliphatic heterocycles. The zero-order chi connectivity index (χ0) is 10.8. The van der Waals surface area contributed by atoms with Crippen LogP contribution in [0.25, 0.3) is 0 Å². The third-order valence-electron chi connectivity index (χ3n) is 2.00. The van der Waals surface area contributed by atoms with Gasteiger partial charge in [-0.2, -0.15) is 0 Å². The van der Waals surface area contributed by atoms with Crippen LogP contribution in [-0.4, -0.2) is 17.2 Å². The van der Waals surface area contributed by atoms with Gasteiger partial charge in [0, 0.05) is 0 Å². The van der Waals surface area contributed by atoms with E-state index in [1.807, 2.05) is 13.8 Å². The van der Waals surface area contributed by atoms with Crippen LogP contribution in [-0.2, 0) is 0 Å². The summed E-state index contributed by atoms with van der Waals surface area (Å²) in [5.74, 6) is 1.21. The summed E-state index contributed by atoms with van der Waals surface area (Å²) in [6, 6.07) is 0. The lowest BCUT2D eigenvalue weighted by Gasteiger charge is -2.13. The molecule has 1 heterocycles. The smallest absolute Gasteiger partial charge is 0.160 e. The van der Waals surface area contributed by atoms with Gasteiger partial charge in [-0.15, -0.1) is 0 Å². The van der Waals surface area contributed by atoms with Crippen LogP contribution in [0.3, 0.4) is 0 Å². The monoisotopic (exact) mass is 227 g/mol. The molecule has 1 saturated carbocycles. The number of halogens is 1. The van der Waals surface area contributed by atoms with E-state index >= 15 is 0 Å². The summed E-state index contributed by atoms with van der Waals surface area (Å²) >= 11 is 6.13. The summed E-state index contributed by atoms with van der Waals surface area (Å²) in [7, 11) is 0. The standard InChI is InChI=1S/C11H14ClNO2/c1-7(2)14-9-5-13-6-10(11(9)12)15-8-3-4-8/h5-8H,3-4H2,1-2H3. The van der Waals surface area contributed by atoms with E-state index in [0.29, 0.717) is 22.6 Å². The van der Waals surface area contributed by atoms with Gasteiger partial charge in [-0.1, -0.05) is 11.6 Å². The molecule has 1 aromatic heterocycles. The summed E-state index contributed by atoms with van der Waals surface area (Å²) in [4.78, 5) is 4.04. The van der Waals surface area contributed by atoms with Crippen LogP contribution < -0.4 is 9.47 Å². The zero-order valence-corrected chi connectivity index (χ0v) is 9.62. The molecule has 1 aliphatic carbocycles. The highest BCUT2D eigenvalue weighted by Crippen LogP contribution is 2.36. The van der Waals surface area contributed by atoms with Crippen molar-refractivity contribution in [3.8, 4) is 11.5 Å². The lowest BCUT2D eigenvalue weighted by molar-refractivity contribution is 0.238. The molecule has 3 nitrogen and oxygen atoms in total. The van der Waals surface area contributed by atoms with Crippen molar-refractivity contribution >= 4 is 11.6 Å². The minimum Gasteiger partial charge on any atom is -0.488 e. The minimum absolute atomic E-state index is 0.0838. The Labute approximate surface area is 94.4 Å². The van der Waals surface area contributed by atoms with Crippen LogP contribution in [0.1, 0.15) is 26.7 Å². The molecule has 1 fully saturated rings. The first-order chi connectivity index (χ1) is 7.16. The maximum Gasteiger partial charge on any atom is 0.160 e. The van der Waals surface area contributed by atoms with Crippen molar-refractivity contribution in [3.63, 3.8) is 0 Å². The molecule has 0 atom stereocenters. The van der Waals surface area contributed by atoms with Crippen molar-refractivity contribution in [1.29, 1.82) is 0 Å². The van der Waals surface area contributed by atoms with E-state index in [2.05, 4.69) is 4.98 Å². The fraction of sp³-hybridized carbons (Fsp3) is 0.545. The quantitative estimate of drug-likeness (QED) is 0.792. The molecule has 15 heavy (non-hydrogen) atoms. The van der Waals surface area contributed by atoms with E-state index in [4.69, 9.17) is 21.1 Å². The molecule has 1 aliphatic rings. The van der Waals surface area contributed by atoms with Crippen molar-refractivity contribution < 1.29 is 9.47 Å². The second-order valence-electron chi connectivity index (χ2n) is 3.93. The first-order valence-corrected chi connectivity index (χ1v) is 5.51. The SMILES string of the molecule is CC(C)Oc1cncc(OC2CC2)c1Cl. The third kappa shape index (κ3) is 2.75. The Hall–Kier alpha value is -0.960. The number of ether oxygens (including phenoxy) is 2. The van der Waals surface area contributed by atoms with Gasteiger partial charge in [0.15, 0.2) is 11.5 Å². The topological polar surface area (TPSA) is 31.4 Å². The number of nitrogens with zero attached hydrogens (tertiary/aromatic N) is 1.